The highest BCUT2D eigenvalue weighted by Gasteiger charge is 2.28. The molecule has 2 heterocycles. The van der Waals surface area contributed by atoms with E-state index in [9.17, 15) is 14.9 Å². The predicted octanol–water partition coefficient (Wildman–Crippen LogP) is 4.88. The van der Waals surface area contributed by atoms with Gasteiger partial charge in [-0.05, 0) is 63.8 Å². The summed E-state index contributed by atoms with van der Waals surface area (Å²) >= 11 is 0. The summed E-state index contributed by atoms with van der Waals surface area (Å²) in [5.41, 5.74) is 2.69. The lowest BCUT2D eigenvalue weighted by atomic mass is 10.1. The van der Waals surface area contributed by atoms with E-state index in [4.69, 9.17) is 4.74 Å². The van der Waals surface area contributed by atoms with Gasteiger partial charge in [0.2, 0.25) is 0 Å². The van der Waals surface area contributed by atoms with Crippen LogP contribution in [0.5, 0.6) is 0 Å². The molecule has 1 saturated heterocycles. The van der Waals surface area contributed by atoms with E-state index in [1.807, 2.05) is 61.7 Å². The maximum Gasteiger partial charge on any atom is 0.410 e. The molecule has 0 saturated carbocycles. The summed E-state index contributed by atoms with van der Waals surface area (Å²) in [5.74, 6) is -0.136. The smallest absolute Gasteiger partial charge is 0.410 e. The number of carbonyl (C=O) groups excluding carboxylic acids is 2. The van der Waals surface area contributed by atoms with E-state index in [0.29, 0.717) is 43.7 Å². The fourth-order valence-electron chi connectivity index (χ4n) is 4.43. The minimum atomic E-state index is -0.527. The first-order valence-electron chi connectivity index (χ1n) is 12.1. The van der Waals surface area contributed by atoms with Gasteiger partial charge >= 0.3 is 6.09 Å². The van der Waals surface area contributed by atoms with Crippen LogP contribution in [-0.2, 0) is 17.7 Å². The number of aryl methyl sites for hydroxylation is 2. The second kappa shape index (κ2) is 10.2. The lowest BCUT2D eigenvalue weighted by Crippen LogP contribution is -2.48. The Balaban J connectivity index is 1.48. The molecule has 35 heavy (non-hydrogen) atoms. The van der Waals surface area contributed by atoms with Crippen molar-refractivity contribution in [2.24, 2.45) is 0 Å². The number of benzene rings is 2. The van der Waals surface area contributed by atoms with Crippen LogP contribution < -0.4 is 5.32 Å². The molecule has 1 N–H and O–H groups in total. The molecule has 0 bridgehead atoms. The Bertz CT molecular complexity index is 1240. The number of nitrogens with one attached hydrogen (secondary N) is 1. The van der Waals surface area contributed by atoms with Gasteiger partial charge in [-0.25, -0.2) is 4.79 Å². The molecule has 2 amide bonds. The number of piperidine rings is 1. The van der Waals surface area contributed by atoms with Crippen LogP contribution in [0.3, 0.4) is 0 Å². The molecule has 1 fully saturated rings. The van der Waals surface area contributed by atoms with Gasteiger partial charge in [-0.3, -0.25) is 4.79 Å². The van der Waals surface area contributed by atoms with Crippen LogP contribution in [0, 0.1) is 11.3 Å². The first-order valence-corrected chi connectivity index (χ1v) is 12.1. The predicted molar refractivity (Wildman–Crippen MR) is 135 cm³/mol. The van der Waals surface area contributed by atoms with E-state index in [1.54, 1.807) is 11.0 Å². The molecule has 3 aromatic rings. The quantitative estimate of drug-likeness (QED) is 0.573. The Morgan fingerprint density at radius 1 is 1.09 bits per heavy atom. The fraction of sp³-hybridized carbons (Fsp3) is 0.393. The van der Waals surface area contributed by atoms with E-state index < -0.39 is 5.60 Å². The third kappa shape index (κ3) is 6.02. The number of hydrogen-bond acceptors (Lipinski definition) is 4. The average Bonchev–Trinajstić information content (AvgIpc) is 3.20. The Hall–Kier alpha value is -3.79. The summed E-state index contributed by atoms with van der Waals surface area (Å²) in [5, 5.41) is 13.5. The standard InChI is InChI=1S/C28H32N4O3/c1-28(2,3)35-27(34)31-14-12-23(13-15-31)30-26(33)25-18-22-10-9-21(19-29)17-24(22)32(25)16-11-20-7-5-4-6-8-20/h4-10,17-18,23H,11-16H2,1-3H3,(H,30,33). The molecule has 0 unspecified atom stereocenters. The van der Waals surface area contributed by atoms with E-state index in [0.717, 1.165) is 17.3 Å². The largest absolute Gasteiger partial charge is 0.444 e. The maximum absolute atomic E-state index is 13.4. The molecule has 1 aromatic heterocycles. The van der Waals surface area contributed by atoms with Crippen LogP contribution in [0.1, 0.15) is 55.2 Å². The molecule has 1 aliphatic rings. The zero-order chi connectivity index (χ0) is 25.0. The fourth-order valence-corrected chi connectivity index (χ4v) is 4.43. The van der Waals surface area contributed by atoms with Gasteiger partial charge < -0.3 is 19.5 Å². The Labute approximate surface area is 206 Å². The normalized spacial score (nSPS) is 14.5. The van der Waals surface area contributed by atoms with Crippen molar-refractivity contribution in [2.75, 3.05) is 13.1 Å². The van der Waals surface area contributed by atoms with Gasteiger partial charge in [0.05, 0.1) is 11.6 Å². The van der Waals surface area contributed by atoms with Crippen LogP contribution in [0.15, 0.2) is 54.6 Å². The van der Waals surface area contributed by atoms with E-state index >= 15 is 0 Å². The number of nitrogens with zero attached hydrogens (tertiary/aromatic N) is 3. The van der Waals surface area contributed by atoms with Gasteiger partial charge in [0.1, 0.15) is 11.3 Å². The average molecular weight is 473 g/mol. The van der Waals surface area contributed by atoms with Gasteiger partial charge in [0.25, 0.3) is 5.91 Å². The minimum Gasteiger partial charge on any atom is -0.444 e. The molecule has 0 radical (unpaired) electrons. The zero-order valence-electron chi connectivity index (χ0n) is 20.6. The van der Waals surface area contributed by atoms with Crippen molar-refractivity contribution in [3.63, 3.8) is 0 Å². The van der Waals surface area contributed by atoms with Gasteiger partial charge in [0, 0.05) is 36.6 Å². The SMILES string of the molecule is CC(C)(C)OC(=O)N1CCC(NC(=O)c2cc3ccc(C#N)cc3n2CCc2ccccc2)CC1. The molecule has 7 heteroatoms. The van der Waals surface area contributed by atoms with Crippen molar-refractivity contribution < 1.29 is 14.3 Å². The van der Waals surface area contributed by atoms with Crippen LogP contribution in [-0.4, -0.2) is 46.2 Å². The van der Waals surface area contributed by atoms with Gasteiger partial charge in [-0.1, -0.05) is 36.4 Å². The van der Waals surface area contributed by atoms with Gasteiger partial charge in [-0.2, -0.15) is 5.26 Å². The summed E-state index contributed by atoms with van der Waals surface area (Å²) in [6, 6.07) is 19.7. The third-order valence-corrected chi connectivity index (χ3v) is 6.21. The highest BCUT2D eigenvalue weighted by molar-refractivity contribution is 5.99. The molecule has 1 aliphatic heterocycles. The number of aromatic nitrogens is 1. The van der Waals surface area contributed by atoms with Crippen LogP contribution in [0.2, 0.25) is 0 Å². The Morgan fingerprint density at radius 3 is 2.46 bits per heavy atom. The van der Waals surface area contributed by atoms with Crippen molar-refractivity contribution >= 4 is 22.9 Å². The number of ether oxygens (including phenoxy) is 1. The van der Waals surface area contributed by atoms with Crippen molar-refractivity contribution in [3.8, 4) is 6.07 Å². The number of likely N-dealkylation sites (tertiary alicyclic amines) is 1. The molecule has 0 atom stereocenters. The Morgan fingerprint density at radius 2 is 1.80 bits per heavy atom. The molecule has 0 spiro atoms. The van der Waals surface area contributed by atoms with Crippen molar-refractivity contribution in [3.05, 3.63) is 71.4 Å². The van der Waals surface area contributed by atoms with Crippen molar-refractivity contribution in [1.29, 1.82) is 5.26 Å². The van der Waals surface area contributed by atoms with Crippen LogP contribution in [0.25, 0.3) is 10.9 Å². The highest BCUT2D eigenvalue weighted by Crippen LogP contribution is 2.23. The zero-order valence-corrected chi connectivity index (χ0v) is 20.6. The van der Waals surface area contributed by atoms with E-state index in [2.05, 4.69) is 23.5 Å². The topological polar surface area (TPSA) is 87.4 Å². The van der Waals surface area contributed by atoms with E-state index in [-0.39, 0.29) is 18.0 Å². The molecule has 2 aromatic carbocycles. The molecular weight excluding hydrogens is 440 g/mol. The summed E-state index contributed by atoms with van der Waals surface area (Å²) in [4.78, 5) is 27.4. The Kier molecular flexibility index (Phi) is 7.11. The molecular formula is C28H32N4O3. The number of amides is 2. The van der Waals surface area contributed by atoms with E-state index in [1.165, 1.54) is 5.56 Å². The first kappa shape index (κ1) is 24.3. The summed E-state index contributed by atoms with van der Waals surface area (Å²) in [6.45, 7) is 7.28. The van der Waals surface area contributed by atoms with Crippen LogP contribution in [0.4, 0.5) is 4.79 Å². The third-order valence-electron chi connectivity index (χ3n) is 6.21. The number of hydrogen-bond donors (Lipinski definition) is 1. The lowest BCUT2D eigenvalue weighted by Gasteiger charge is -2.33. The van der Waals surface area contributed by atoms with Gasteiger partial charge in [0.15, 0.2) is 0 Å². The minimum absolute atomic E-state index is 0.0172. The first-order chi connectivity index (χ1) is 16.7. The molecule has 4 rings (SSSR count). The van der Waals surface area contributed by atoms with Crippen LogP contribution >= 0.6 is 0 Å². The highest BCUT2D eigenvalue weighted by atomic mass is 16.6. The van der Waals surface area contributed by atoms with Crippen molar-refractivity contribution in [1.82, 2.24) is 14.8 Å². The summed E-state index contributed by atoms with van der Waals surface area (Å²) in [7, 11) is 0. The summed E-state index contributed by atoms with van der Waals surface area (Å²) in [6.07, 6.45) is 1.81. The molecule has 7 nitrogen and oxygen atoms in total. The monoisotopic (exact) mass is 472 g/mol. The second-order valence-electron chi connectivity index (χ2n) is 10.0. The summed E-state index contributed by atoms with van der Waals surface area (Å²) < 4.78 is 7.48. The number of fused-ring (bicyclic) bond motifs is 1. The maximum atomic E-state index is 13.4. The number of rotatable bonds is 5. The number of carbonyl (C=O) groups is 2. The lowest BCUT2D eigenvalue weighted by molar-refractivity contribution is 0.0199. The second-order valence-corrected chi connectivity index (χ2v) is 10.0. The number of nitriles is 1. The van der Waals surface area contributed by atoms with Gasteiger partial charge in [-0.15, -0.1) is 0 Å². The molecule has 182 valence electrons. The molecule has 0 aliphatic carbocycles. The van der Waals surface area contributed by atoms with Crippen molar-refractivity contribution in [2.45, 2.75) is 58.2 Å².